The van der Waals surface area contributed by atoms with Crippen molar-refractivity contribution >= 4 is 16.8 Å². The molecule has 0 saturated carbocycles. The fourth-order valence-corrected chi connectivity index (χ4v) is 3.21. The summed E-state index contributed by atoms with van der Waals surface area (Å²) in [5.74, 6) is -0.0974. The van der Waals surface area contributed by atoms with Crippen molar-refractivity contribution in [2.45, 2.75) is 18.6 Å². The predicted molar refractivity (Wildman–Crippen MR) is 96.1 cm³/mol. The third kappa shape index (κ3) is 4.34. The molecule has 0 spiro atoms. The van der Waals surface area contributed by atoms with Crippen molar-refractivity contribution in [3.63, 3.8) is 0 Å². The lowest BCUT2D eigenvalue weighted by atomic mass is 9.99. The standard InChI is InChI=1S/C19H25N3O3/c1-21(2)17(23)11-19(24)13-22(9-10-25-14-19)12-16-6-3-5-15-7-4-8-20-18(15)16/h3-8,24H,9-14H2,1-2H3. The first-order valence-electron chi connectivity index (χ1n) is 8.52. The molecule has 1 unspecified atom stereocenters. The van der Waals surface area contributed by atoms with Gasteiger partial charge in [0.15, 0.2) is 0 Å². The van der Waals surface area contributed by atoms with Crippen molar-refractivity contribution in [2.75, 3.05) is 40.4 Å². The van der Waals surface area contributed by atoms with Crippen molar-refractivity contribution in [3.8, 4) is 0 Å². The number of β-amino-alcohol motifs (C(OH)–C–C–N with tert-alkyl or cyclic N) is 1. The number of carbonyl (C=O) groups excluding carboxylic acids is 1. The van der Waals surface area contributed by atoms with Crippen LogP contribution in [0.25, 0.3) is 10.9 Å². The number of amides is 1. The number of para-hydroxylation sites is 1. The Hall–Kier alpha value is -2.02. The van der Waals surface area contributed by atoms with Gasteiger partial charge in [-0.05, 0) is 11.6 Å². The second-order valence-electron chi connectivity index (χ2n) is 6.94. The van der Waals surface area contributed by atoms with E-state index in [0.717, 1.165) is 16.5 Å². The van der Waals surface area contributed by atoms with E-state index in [1.807, 2.05) is 24.3 Å². The molecule has 1 aromatic carbocycles. The second-order valence-corrected chi connectivity index (χ2v) is 6.94. The van der Waals surface area contributed by atoms with Gasteiger partial charge >= 0.3 is 0 Å². The SMILES string of the molecule is CN(C)C(=O)CC1(O)COCCN(Cc2cccc3cccnc23)C1. The lowest BCUT2D eigenvalue weighted by Crippen LogP contribution is -2.47. The largest absolute Gasteiger partial charge is 0.386 e. The molecule has 1 fully saturated rings. The molecular formula is C19H25N3O3. The highest BCUT2D eigenvalue weighted by atomic mass is 16.5. The van der Waals surface area contributed by atoms with Crippen LogP contribution >= 0.6 is 0 Å². The van der Waals surface area contributed by atoms with E-state index in [0.29, 0.717) is 26.2 Å². The van der Waals surface area contributed by atoms with E-state index in [-0.39, 0.29) is 18.9 Å². The number of aliphatic hydroxyl groups is 1. The molecule has 25 heavy (non-hydrogen) atoms. The fourth-order valence-electron chi connectivity index (χ4n) is 3.21. The van der Waals surface area contributed by atoms with Crippen molar-refractivity contribution in [3.05, 3.63) is 42.1 Å². The highest BCUT2D eigenvalue weighted by Gasteiger charge is 2.35. The summed E-state index contributed by atoms with van der Waals surface area (Å²) < 4.78 is 5.57. The molecule has 2 aromatic rings. The molecular weight excluding hydrogens is 318 g/mol. The normalized spacial score (nSPS) is 21.9. The molecule has 0 bridgehead atoms. The van der Waals surface area contributed by atoms with Crippen LogP contribution in [-0.4, -0.2) is 71.8 Å². The number of rotatable bonds is 4. The van der Waals surface area contributed by atoms with Crippen molar-refractivity contribution < 1.29 is 14.6 Å². The van der Waals surface area contributed by atoms with E-state index in [9.17, 15) is 9.90 Å². The van der Waals surface area contributed by atoms with Crippen LogP contribution in [0.4, 0.5) is 0 Å². The highest BCUT2D eigenvalue weighted by molar-refractivity contribution is 5.81. The van der Waals surface area contributed by atoms with Gasteiger partial charge < -0.3 is 14.7 Å². The van der Waals surface area contributed by atoms with Crippen LogP contribution in [0.1, 0.15) is 12.0 Å². The first-order chi connectivity index (χ1) is 12.0. The van der Waals surface area contributed by atoms with Crippen molar-refractivity contribution in [1.29, 1.82) is 0 Å². The quantitative estimate of drug-likeness (QED) is 0.906. The summed E-state index contributed by atoms with van der Waals surface area (Å²) >= 11 is 0. The molecule has 1 atom stereocenters. The molecule has 1 aromatic heterocycles. The zero-order valence-corrected chi connectivity index (χ0v) is 14.8. The van der Waals surface area contributed by atoms with Gasteiger partial charge in [0.05, 0.1) is 25.2 Å². The fraction of sp³-hybridized carbons (Fsp3) is 0.474. The van der Waals surface area contributed by atoms with E-state index in [4.69, 9.17) is 4.74 Å². The van der Waals surface area contributed by atoms with Gasteiger partial charge in [-0.2, -0.15) is 0 Å². The predicted octanol–water partition coefficient (Wildman–Crippen LogP) is 1.28. The number of pyridine rings is 1. The minimum Gasteiger partial charge on any atom is -0.386 e. The summed E-state index contributed by atoms with van der Waals surface area (Å²) in [6.07, 6.45) is 1.85. The van der Waals surface area contributed by atoms with Crippen LogP contribution in [0.2, 0.25) is 0 Å². The highest BCUT2D eigenvalue weighted by Crippen LogP contribution is 2.22. The third-order valence-corrected chi connectivity index (χ3v) is 4.53. The number of benzene rings is 1. The summed E-state index contributed by atoms with van der Waals surface area (Å²) in [6, 6.07) is 10.1. The minimum atomic E-state index is -1.17. The smallest absolute Gasteiger partial charge is 0.225 e. The average Bonchev–Trinajstić information content (AvgIpc) is 2.76. The molecule has 1 aliphatic rings. The van der Waals surface area contributed by atoms with Crippen LogP contribution in [0.3, 0.4) is 0 Å². The Kier molecular flexibility index (Phi) is 5.32. The topological polar surface area (TPSA) is 65.9 Å². The number of hydrogen-bond acceptors (Lipinski definition) is 5. The number of aromatic nitrogens is 1. The maximum Gasteiger partial charge on any atom is 0.225 e. The first-order valence-corrected chi connectivity index (χ1v) is 8.52. The van der Waals surface area contributed by atoms with Gasteiger partial charge in [-0.15, -0.1) is 0 Å². The minimum absolute atomic E-state index is 0.0598. The van der Waals surface area contributed by atoms with E-state index in [1.54, 1.807) is 20.3 Å². The lowest BCUT2D eigenvalue weighted by Gasteiger charge is -2.31. The van der Waals surface area contributed by atoms with Crippen LogP contribution < -0.4 is 0 Å². The van der Waals surface area contributed by atoms with E-state index >= 15 is 0 Å². The summed E-state index contributed by atoms with van der Waals surface area (Å²) in [5, 5.41) is 12.0. The van der Waals surface area contributed by atoms with Gasteiger partial charge in [-0.25, -0.2) is 0 Å². The van der Waals surface area contributed by atoms with Gasteiger partial charge in [0.25, 0.3) is 0 Å². The van der Waals surface area contributed by atoms with E-state index < -0.39 is 5.60 Å². The van der Waals surface area contributed by atoms with Crippen molar-refractivity contribution in [1.82, 2.24) is 14.8 Å². The van der Waals surface area contributed by atoms with Crippen molar-refractivity contribution in [2.24, 2.45) is 0 Å². The Morgan fingerprint density at radius 3 is 2.96 bits per heavy atom. The Balaban J connectivity index is 1.78. The molecule has 1 N–H and O–H groups in total. The zero-order valence-electron chi connectivity index (χ0n) is 14.8. The molecule has 3 rings (SSSR count). The zero-order chi connectivity index (χ0) is 17.9. The average molecular weight is 343 g/mol. The van der Waals surface area contributed by atoms with E-state index in [2.05, 4.69) is 16.0 Å². The summed E-state index contributed by atoms with van der Waals surface area (Å²) in [5.41, 5.74) is 0.917. The second kappa shape index (κ2) is 7.47. The Morgan fingerprint density at radius 2 is 2.16 bits per heavy atom. The third-order valence-electron chi connectivity index (χ3n) is 4.53. The Bertz CT molecular complexity index is 744. The number of ether oxygens (including phenoxy) is 1. The number of carbonyl (C=O) groups is 1. The molecule has 1 aliphatic heterocycles. The van der Waals surface area contributed by atoms with E-state index in [1.165, 1.54) is 4.90 Å². The molecule has 2 heterocycles. The first kappa shape index (κ1) is 17.8. The molecule has 134 valence electrons. The van der Waals surface area contributed by atoms with Crippen LogP contribution in [-0.2, 0) is 16.1 Å². The number of fused-ring (bicyclic) bond motifs is 1. The van der Waals surface area contributed by atoms with Gasteiger partial charge in [-0.3, -0.25) is 14.7 Å². The summed E-state index contributed by atoms with van der Waals surface area (Å²) in [7, 11) is 3.39. The molecule has 6 heteroatoms. The van der Waals surface area contributed by atoms with Gasteiger partial charge in [0.1, 0.15) is 5.60 Å². The molecule has 6 nitrogen and oxygen atoms in total. The Labute approximate surface area is 148 Å². The van der Waals surface area contributed by atoms with Crippen LogP contribution in [0.5, 0.6) is 0 Å². The van der Waals surface area contributed by atoms with Gasteiger partial charge in [-0.1, -0.05) is 24.3 Å². The van der Waals surface area contributed by atoms with Gasteiger partial charge in [0.2, 0.25) is 5.91 Å². The summed E-state index contributed by atoms with van der Waals surface area (Å²) in [6.45, 7) is 2.49. The number of hydrogen-bond donors (Lipinski definition) is 1. The van der Waals surface area contributed by atoms with Gasteiger partial charge in [0, 0.05) is 45.3 Å². The molecule has 0 aliphatic carbocycles. The monoisotopic (exact) mass is 343 g/mol. The Morgan fingerprint density at radius 1 is 1.36 bits per heavy atom. The molecule has 1 saturated heterocycles. The summed E-state index contributed by atoms with van der Waals surface area (Å²) in [4.78, 5) is 20.2. The lowest BCUT2D eigenvalue weighted by molar-refractivity contribution is -0.136. The molecule has 0 radical (unpaired) electrons. The molecule has 1 amide bonds. The maximum atomic E-state index is 12.1. The maximum absolute atomic E-state index is 12.1. The van der Waals surface area contributed by atoms with Crippen LogP contribution in [0.15, 0.2) is 36.5 Å². The van der Waals surface area contributed by atoms with Crippen LogP contribution in [0, 0.1) is 0 Å². The number of nitrogens with zero attached hydrogens (tertiary/aromatic N) is 3.